The molecule has 1 aromatic carbocycles. The topological polar surface area (TPSA) is 43.4 Å². The molecular weight excluding hydrogens is 300 g/mol. The second-order valence-corrected chi connectivity index (χ2v) is 5.97. The SMILES string of the molecule is CCOC(=O)C(=Cc1cccc(Cl)c1)C(=O)C1CCCCC1. The van der Waals surface area contributed by atoms with E-state index >= 15 is 0 Å². The highest BCUT2D eigenvalue weighted by Gasteiger charge is 2.28. The van der Waals surface area contributed by atoms with Gasteiger partial charge in [-0.3, -0.25) is 4.79 Å². The van der Waals surface area contributed by atoms with Crippen molar-refractivity contribution in [3.05, 3.63) is 40.4 Å². The predicted molar refractivity (Wildman–Crippen MR) is 87.6 cm³/mol. The third kappa shape index (κ3) is 4.44. The Hall–Kier alpha value is -1.61. The van der Waals surface area contributed by atoms with Crippen LogP contribution in [0.1, 0.15) is 44.6 Å². The standard InChI is InChI=1S/C18H21ClO3/c1-2-22-18(21)16(12-13-7-6-10-15(19)11-13)17(20)14-8-4-3-5-9-14/h6-7,10-12,14H,2-5,8-9H2,1H3. The lowest BCUT2D eigenvalue weighted by Gasteiger charge is -2.21. The van der Waals surface area contributed by atoms with Crippen LogP contribution in [0.5, 0.6) is 0 Å². The molecular formula is C18H21ClO3. The summed E-state index contributed by atoms with van der Waals surface area (Å²) in [5, 5.41) is 0.571. The molecule has 3 nitrogen and oxygen atoms in total. The Labute approximate surface area is 136 Å². The number of ketones is 1. The van der Waals surface area contributed by atoms with E-state index in [9.17, 15) is 9.59 Å². The molecule has 1 aromatic rings. The fourth-order valence-corrected chi connectivity index (χ4v) is 2.99. The van der Waals surface area contributed by atoms with Crippen LogP contribution in [0, 0.1) is 5.92 Å². The van der Waals surface area contributed by atoms with Crippen molar-refractivity contribution in [2.24, 2.45) is 5.92 Å². The van der Waals surface area contributed by atoms with Crippen LogP contribution in [0.2, 0.25) is 5.02 Å². The van der Waals surface area contributed by atoms with Gasteiger partial charge < -0.3 is 4.74 Å². The fraction of sp³-hybridized carbons (Fsp3) is 0.444. The van der Waals surface area contributed by atoms with Gasteiger partial charge in [0.25, 0.3) is 0 Å². The molecule has 0 bridgehead atoms. The molecule has 2 rings (SSSR count). The summed E-state index contributed by atoms with van der Waals surface area (Å²) in [6.07, 6.45) is 6.56. The van der Waals surface area contributed by atoms with Crippen LogP contribution < -0.4 is 0 Å². The molecule has 0 radical (unpaired) electrons. The first-order valence-electron chi connectivity index (χ1n) is 7.80. The molecule has 0 aliphatic heterocycles. The van der Waals surface area contributed by atoms with Gasteiger partial charge >= 0.3 is 5.97 Å². The smallest absolute Gasteiger partial charge is 0.341 e. The molecule has 0 unspecified atom stereocenters. The highest BCUT2D eigenvalue weighted by Crippen LogP contribution is 2.28. The maximum absolute atomic E-state index is 12.7. The largest absolute Gasteiger partial charge is 0.462 e. The van der Waals surface area contributed by atoms with Crippen LogP contribution in [0.3, 0.4) is 0 Å². The molecule has 22 heavy (non-hydrogen) atoms. The molecule has 1 aliphatic rings. The number of Topliss-reactive ketones (excluding diaryl/α,β-unsaturated/α-hetero) is 1. The van der Waals surface area contributed by atoms with Crippen LogP contribution in [-0.4, -0.2) is 18.4 Å². The summed E-state index contributed by atoms with van der Waals surface area (Å²) in [7, 11) is 0. The minimum atomic E-state index is -0.543. The second kappa shape index (κ2) is 8.14. The Balaban J connectivity index is 2.29. The van der Waals surface area contributed by atoms with E-state index in [0.29, 0.717) is 5.02 Å². The average molecular weight is 321 g/mol. The number of ether oxygens (including phenoxy) is 1. The van der Waals surface area contributed by atoms with E-state index < -0.39 is 5.97 Å². The zero-order valence-electron chi connectivity index (χ0n) is 12.8. The maximum atomic E-state index is 12.7. The van der Waals surface area contributed by atoms with Crippen LogP contribution in [0.15, 0.2) is 29.8 Å². The van der Waals surface area contributed by atoms with Gasteiger partial charge in [0, 0.05) is 10.9 Å². The summed E-state index contributed by atoms with van der Waals surface area (Å²) in [6, 6.07) is 7.10. The number of rotatable bonds is 5. The van der Waals surface area contributed by atoms with Crippen LogP contribution in [0.4, 0.5) is 0 Å². The van der Waals surface area contributed by atoms with Gasteiger partial charge in [0.05, 0.1) is 6.61 Å². The summed E-state index contributed by atoms with van der Waals surface area (Å²) >= 11 is 5.97. The van der Waals surface area contributed by atoms with Crippen molar-refractivity contribution >= 4 is 29.4 Å². The van der Waals surface area contributed by atoms with Crippen molar-refractivity contribution in [2.45, 2.75) is 39.0 Å². The Bertz CT molecular complexity index is 571. The lowest BCUT2D eigenvalue weighted by Crippen LogP contribution is -2.24. The summed E-state index contributed by atoms with van der Waals surface area (Å²) < 4.78 is 5.06. The lowest BCUT2D eigenvalue weighted by atomic mass is 9.83. The van der Waals surface area contributed by atoms with Gasteiger partial charge in [-0.1, -0.05) is 43.0 Å². The van der Waals surface area contributed by atoms with Gasteiger partial charge in [-0.2, -0.15) is 0 Å². The quantitative estimate of drug-likeness (QED) is 0.349. The molecule has 1 aliphatic carbocycles. The predicted octanol–water partition coefficient (Wildman–Crippen LogP) is 4.44. The van der Waals surface area contributed by atoms with Gasteiger partial charge in [-0.25, -0.2) is 4.79 Å². The normalized spacial score (nSPS) is 16.4. The van der Waals surface area contributed by atoms with E-state index in [0.717, 1.165) is 37.7 Å². The van der Waals surface area contributed by atoms with E-state index in [1.54, 1.807) is 31.2 Å². The minimum Gasteiger partial charge on any atom is -0.462 e. The van der Waals surface area contributed by atoms with Crippen molar-refractivity contribution in [3.8, 4) is 0 Å². The Morgan fingerprint density at radius 3 is 2.64 bits per heavy atom. The number of hydrogen-bond donors (Lipinski definition) is 0. The molecule has 0 spiro atoms. The highest BCUT2D eigenvalue weighted by molar-refractivity contribution is 6.30. The van der Waals surface area contributed by atoms with Crippen molar-refractivity contribution in [1.82, 2.24) is 0 Å². The minimum absolute atomic E-state index is 0.0661. The Kier molecular flexibility index (Phi) is 6.20. The zero-order valence-corrected chi connectivity index (χ0v) is 13.6. The number of hydrogen-bond acceptors (Lipinski definition) is 3. The number of esters is 1. The van der Waals surface area contributed by atoms with Gasteiger partial charge in [-0.15, -0.1) is 0 Å². The van der Waals surface area contributed by atoms with E-state index in [2.05, 4.69) is 0 Å². The van der Waals surface area contributed by atoms with Crippen LogP contribution in [-0.2, 0) is 14.3 Å². The summed E-state index contributed by atoms with van der Waals surface area (Å²) in [5.74, 6) is -0.709. The number of carbonyl (C=O) groups is 2. The van der Waals surface area contributed by atoms with E-state index in [4.69, 9.17) is 16.3 Å². The monoisotopic (exact) mass is 320 g/mol. The summed E-state index contributed by atoms with van der Waals surface area (Å²) in [5.41, 5.74) is 0.871. The van der Waals surface area contributed by atoms with E-state index in [-0.39, 0.29) is 23.9 Å². The Morgan fingerprint density at radius 2 is 2.00 bits per heavy atom. The molecule has 118 valence electrons. The lowest BCUT2D eigenvalue weighted by molar-refractivity contribution is -0.140. The first-order valence-corrected chi connectivity index (χ1v) is 8.18. The molecule has 0 aromatic heterocycles. The van der Waals surface area contributed by atoms with Crippen LogP contribution >= 0.6 is 11.6 Å². The number of carbonyl (C=O) groups excluding carboxylic acids is 2. The number of benzene rings is 1. The second-order valence-electron chi connectivity index (χ2n) is 5.53. The molecule has 0 saturated heterocycles. The molecule has 0 amide bonds. The van der Waals surface area contributed by atoms with Gasteiger partial charge in [-0.05, 0) is 43.5 Å². The van der Waals surface area contributed by atoms with Gasteiger partial charge in [0.1, 0.15) is 5.57 Å². The third-order valence-electron chi connectivity index (χ3n) is 3.90. The van der Waals surface area contributed by atoms with Crippen molar-refractivity contribution in [3.63, 3.8) is 0 Å². The van der Waals surface area contributed by atoms with E-state index in [1.807, 2.05) is 6.07 Å². The first-order chi connectivity index (χ1) is 10.6. The first kappa shape index (κ1) is 16.8. The van der Waals surface area contributed by atoms with Gasteiger partial charge in [0.15, 0.2) is 5.78 Å². The molecule has 0 N–H and O–H groups in total. The summed E-state index contributed by atoms with van der Waals surface area (Å²) in [6.45, 7) is 1.99. The highest BCUT2D eigenvalue weighted by atomic mass is 35.5. The maximum Gasteiger partial charge on any atom is 0.341 e. The fourth-order valence-electron chi connectivity index (χ4n) is 2.79. The summed E-state index contributed by atoms with van der Waals surface area (Å²) in [4.78, 5) is 24.9. The average Bonchev–Trinajstić information content (AvgIpc) is 2.53. The van der Waals surface area contributed by atoms with E-state index in [1.165, 1.54) is 0 Å². The third-order valence-corrected chi connectivity index (χ3v) is 4.13. The Morgan fingerprint density at radius 1 is 1.27 bits per heavy atom. The van der Waals surface area contributed by atoms with Crippen molar-refractivity contribution < 1.29 is 14.3 Å². The zero-order chi connectivity index (χ0) is 15.9. The van der Waals surface area contributed by atoms with Crippen molar-refractivity contribution in [1.29, 1.82) is 0 Å². The molecule has 1 fully saturated rings. The number of halogens is 1. The molecule has 1 saturated carbocycles. The molecule has 4 heteroatoms. The van der Waals surface area contributed by atoms with Crippen LogP contribution in [0.25, 0.3) is 6.08 Å². The molecule has 0 heterocycles. The van der Waals surface area contributed by atoms with Gasteiger partial charge in [0.2, 0.25) is 0 Å². The molecule has 0 atom stereocenters. The van der Waals surface area contributed by atoms with Crippen molar-refractivity contribution in [2.75, 3.05) is 6.61 Å².